The molecule has 2 aromatic carbocycles. The summed E-state index contributed by atoms with van der Waals surface area (Å²) < 4.78 is 54.8. The number of carbonyl (C=O) groups excluding carboxylic acids is 1. The third-order valence-electron chi connectivity index (χ3n) is 5.83. The van der Waals surface area contributed by atoms with Gasteiger partial charge < -0.3 is 4.90 Å². The smallest absolute Gasteiger partial charge is 0.245 e. The van der Waals surface area contributed by atoms with Gasteiger partial charge in [0.2, 0.25) is 15.9 Å². The number of hydrogen-bond donors (Lipinski definition) is 0. The Balaban J connectivity index is 1.43. The molecule has 160 valence electrons. The van der Waals surface area contributed by atoms with E-state index in [-0.39, 0.29) is 48.2 Å². The number of sulfonamides is 1. The van der Waals surface area contributed by atoms with Gasteiger partial charge in [-0.15, -0.1) is 0 Å². The Hall–Kier alpha value is -2.32. The van der Waals surface area contributed by atoms with Crippen LogP contribution in [0.2, 0.25) is 0 Å². The maximum absolute atomic E-state index is 14.1. The third-order valence-corrected chi connectivity index (χ3v) is 7.76. The zero-order chi connectivity index (χ0) is 21.3. The molecule has 1 heterocycles. The number of carbonyl (C=O) groups is 1. The van der Waals surface area contributed by atoms with Gasteiger partial charge in [-0.05, 0) is 43.9 Å². The molecule has 2 aliphatic rings. The molecule has 1 aliphatic carbocycles. The van der Waals surface area contributed by atoms with Gasteiger partial charge in [-0.3, -0.25) is 4.79 Å². The summed E-state index contributed by atoms with van der Waals surface area (Å²) in [5.41, 5.74) is 0.484. The topological polar surface area (TPSA) is 57.7 Å². The van der Waals surface area contributed by atoms with Crippen molar-refractivity contribution in [3.63, 3.8) is 0 Å². The molecule has 0 unspecified atom stereocenters. The van der Waals surface area contributed by atoms with Crippen molar-refractivity contribution in [3.8, 4) is 0 Å². The van der Waals surface area contributed by atoms with Crippen LogP contribution in [-0.4, -0.2) is 42.7 Å². The highest BCUT2D eigenvalue weighted by Gasteiger charge is 2.39. The van der Waals surface area contributed by atoms with E-state index in [1.54, 1.807) is 23.1 Å². The Labute approximate surface area is 175 Å². The molecule has 1 aliphatic heterocycles. The van der Waals surface area contributed by atoms with Crippen LogP contribution in [0.1, 0.15) is 31.2 Å². The van der Waals surface area contributed by atoms with Gasteiger partial charge in [0.25, 0.3) is 0 Å². The van der Waals surface area contributed by atoms with Crippen LogP contribution >= 0.6 is 0 Å². The van der Waals surface area contributed by atoms with Gasteiger partial charge in [0.1, 0.15) is 16.5 Å². The van der Waals surface area contributed by atoms with E-state index in [2.05, 4.69) is 0 Å². The molecule has 0 aromatic heterocycles. The van der Waals surface area contributed by atoms with E-state index in [0.29, 0.717) is 18.4 Å². The minimum atomic E-state index is -3.94. The average molecular weight is 435 g/mol. The highest BCUT2D eigenvalue weighted by atomic mass is 32.2. The Bertz CT molecular complexity index is 1030. The minimum absolute atomic E-state index is 0.0521. The molecule has 8 heteroatoms. The van der Waals surface area contributed by atoms with E-state index in [1.165, 1.54) is 28.6 Å². The molecule has 1 saturated heterocycles. The second-order valence-electron chi connectivity index (χ2n) is 7.90. The first-order chi connectivity index (χ1) is 14.4. The number of hydrogen-bond acceptors (Lipinski definition) is 3. The molecule has 0 N–H and O–H groups in total. The number of benzene rings is 2. The number of amides is 1. The Morgan fingerprint density at radius 1 is 0.933 bits per heavy atom. The van der Waals surface area contributed by atoms with Crippen molar-refractivity contribution in [1.29, 1.82) is 0 Å². The van der Waals surface area contributed by atoms with Crippen molar-refractivity contribution in [1.82, 2.24) is 9.21 Å². The SMILES string of the molecule is O=C(C1CCN(S(=O)(=O)c2ccccc2F)CC1)N(Cc1ccccc1F)C1CC1. The summed E-state index contributed by atoms with van der Waals surface area (Å²) in [6.45, 7) is 0.542. The first-order valence-electron chi connectivity index (χ1n) is 10.2. The molecule has 0 bridgehead atoms. The van der Waals surface area contributed by atoms with E-state index < -0.39 is 15.8 Å². The summed E-state index contributed by atoms with van der Waals surface area (Å²) in [5, 5.41) is 0. The fraction of sp³-hybridized carbons (Fsp3) is 0.409. The van der Waals surface area contributed by atoms with Gasteiger partial charge in [-0.25, -0.2) is 17.2 Å². The minimum Gasteiger partial charge on any atom is -0.335 e. The van der Waals surface area contributed by atoms with Crippen LogP contribution in [0.25, 0.3) is 0 Å². The summed E-state index contributed by atoms with van der Waals surface area (Å²) in [5.74, 6) is -1.48. The lowest BCUT2D eigenvalue weighted by Gasteiger charge is -2.34. The van der Waals surface area contributed by atoms with Gasteiger partial charge in [-0.1, -0.05) is 30.3 Å². The summed E-state index contributed by atoms with van der Waals surface area (Å²) in [4.78, 5) is 14.6. The lowest BCUT2D eigenvalue weighted by atomic mass is 9.96. The van der Waals surface area contributed by atoms with Crippen LogP contribution in [0, 0.1) is 17.6 Å². The van der Waals surface area contributed by atoms with Crippen LogP contribution in [-0.2, 0) is 21.4 Å². The first kappa shape index (κ1) is 20.9. The standard InChI is InChI=1S/C22H24F2N2O3S/c23-19-6-2-1-5-17(19)15-26(18-9-10-18)22(27)16-11-13-25(14-12-16)30(28,29)21-8-4-3-7-20(21)24/h1-8,16,18H,9-15H2. The van der Waals surface area contributed by atoms with Crippen LogP contribution in [0.3, 0.4) is 0 Å². The first-order valence-corrected chi connectivity index (χ1v) is 11.6. The molecule has 2 aromatic rings. The molecule has 30 heavy (non-hydrogen) atoms. The average Bonchev–Trinajstić information content (AvgIpc) is 3.58. The van der Waals surface area contributed by atoms with Gasteiger partial charge >= 0.3 is 0 Å². The van der Waals surface area contributed by atoms with Crippen LogP contribution in [0.15, 0.2) is 53.4 Å². The van der Waals surface area contributed by atoms with Crippen molar-refractivity contribution >= 4 is 15.9 Å². The number of piperidine rings is 1. The Morgan fingerprint density at radius 3 is 2.13 bits per heavy atom. The zero-order valence-electron chi connectivity index (χ0n) is 16.5. The van der Waals surface area contributed by atoms with Gasteiger partial charge in [0, 0.05) is 37.2 Å². The zero-order valence-corrected chi connectivity index (χ0v) is 17.3. The number of rotatable bonds is 6. The molecule has 0 radical (unpaired) electrons. The molecule has 4 rings (SSSR count). The fourth-order valence-corrected chi connectivity index (χ4v) is 5.49. The molecule has 2 fully saturated rings. The molecule has 0 atom stereocenters. The maximum atomic E-state index is 14.1. The maximum Gasteiger partial charge on any atom is 0.245 e. The molecule has 5 nitrogen and oxygen atoms in total. The highest BCUT2D eigenvalue weighted by molar-refractivity contribution is 7.89. The predicted molar refractivity (Wildman–Crippen MR) is 108 cm³/mol. The molecular formula is C22H24F2N2O3S. The highest BCUT2D eigenvalue weighted by Crippen LogP contribution is 2.33. The van der Waals surface area contributed by atoms with E-state index in [4.69, 9.17) is 0 Å². The van der Waals surface area contributed by atoms with E-state index in [0.717, 1.165) is 18.9 Å². The van der Waals surface area contributed by atoms with Crippen LogP contribution < -0.4 is 0 Å². The molecule has 1 amide bonds. The fourth-order valence-electron chi connectivity index (χ4n) is 3.95. The normalized spacial score (nSPS) is 18.3. The lowest BCUT2D eigenvalue weighted by Crippen LogP contribution is -2.45. The number of halogens is 2. The lowest BCUT2D eigenvalue weighted by molar-refractivity contribution is -0.138. The van der Waals surface area contributed by atoms with E-state index in [1.807, 2.05) is 0 Å². The van der Waals surface area contributed by atoms with Gasteiger partial charge in [-0.2, -0.15) is 4.31 Å². The van der Waals surface area contributed by atoms with Crippen molar-refractivity contribution < 1.29 is 22.0 Å². The molecule has 0 spiro atoms. The van der Waals surface area contributed by atoms with Crippen molar-refractivity contribution in [3.05, 3.63) is 65.7 Å². The summed E-state index contributed by atoms with van der Waals surface area (Å²) in [6.07, 6.45) is 2.54. The Morgan fingerprint density at radius 2 is 1.53 bits per heavy atom. The van der Waals surface area contributed by atoms with Crippen molar-refractivity contribution in [2.75, 3.05) is 13.1 Å². The monoisotopic (exact) mass is 434 g/mol. The van der Waals surface area contributed by atoms with E-state index >= 15 is 0 Å². The number of nitrogens with zero attached hydrogens (tertiary/aromatic N) is 2. The van der Waals surface area contributed by atoms with E-state index in [9.17, 15) is 22.0 Å². The largest absolute Gasteiger partial charge is 0.335 e. The summed E-state index contributed by atoms with van der Waals surface area (Å²) in [7, 11) is -3.94. The quantitative estimate of drug-likeness (QED) is 0.699. The second-order valence-corrected chi connectivity index (χ2v) is 9.80. The van der Waals surface area contributed by atoms with Crippen molar-refractivity contribution in [2.45, 2.75) is 43.2 Å². The van der Waals surface area contributed by atoms with Gasteiger partial charge in [0.05, 0.1) is 0 Å². The summed E-state index contributed by atoms with van der Waals surface area (Å²) >= 11 is 0. The predicted octanol–water partition coefficient (Wildman–Crippen LogP) is 3.56. The third kappa shape index (κ3) is 4.25. The second kappa shape index (κ2) is 8.43. The van der Waals surface area contributed by atoms with Crippen LogP contribution in [0.5, 0.6) is 0 Å². The Kier molecular flexibility index (Phi) is 5.88. The molecule has 1 saturated carbocycles. The van der Waals surface area contributed by atoms with Crippen LogP contribution in [0.4, 0.5) is 8.78 Å². The molecular weight excluding hydrogens is 410 g/mol. The van der Waals surface area contributed by atoms with Crippen molar-refractivity contribution in [2.24, 2.45) is 5.92 Å². The van der Waals surface area contributed by atoms with Gasteiger partial charge in [0.15, 0.2) is 0 Å². The summed E-state index contributed by atoms with van der Waals surface area (Å²) in [6, 6.07) is 11.9.